The molecule has 0 spiro atoms. The van der Waals surface area contributed by atoms with Crippen LogP contribution in [0.4, 0.5) is 0 Å². The molecule has 0 aliphatic heterocycles. The van der Waals surface area contributed by atoms with Gasteiger partial charge in [0.2, 0.25) is 0 Å². The van der Waals surface area contributed by atoms with E-state index in [1.807, 2.05) is 0 Å². The largest absolute Gasteiger partial charge is 0.390 e. The molecule has 62 valence electrons. The maximum absolute atomic E-state index is 9.07. The molecule has 1 fully saturated rings. The van der Waals surface area contributed by atoms with Crippen molar-refractivity contribution in [2.24, 2.45) is 5.73 Å². The first-order valence-electron chi connectivity index (χ1n) is 3.33. The fraction of sp³-hybridized carbons (Fsp3) is 1.00. The third-order valence-corrected chi connectivity index (χ3v) is 1.87. The molecule has 4 N–H and O–H groups in total. The van der Waals surface area contributed by atoms with Crippen molar-refractivity contribution in [2.45, 2.75) is 37.5 Å². The fourth-order valence-corrected chi connectivity index (χ4v) is 1.19. The van der Waals surface area contributed by atoms with Crippen LogP contribution < -0.4 is 5.73 Å². The van der Waals surface area contributed by atoms with Crippen molar-refractivity contribution in [1.29, 1.82) is 0 Å². The van der Waals surface area contributed by atoms with Gasteiger partial charge in [-0.05, 0) is 19.3 Å². The Hall–Kier alpha value is 0.170. The summed E-state index contributed by atoms with van der Waals surface area (Å²) in [6.45, 7) is 0. The van der Waals surface area contributed by atoms with Crippen molar-refractivity contribution < 1.29 is 10.2 Å². The molecule has 0 aromatic rings. The maximum Gasteiger partial charge on any atom is 0.0949 e. The molecule has 1 aliphatic carbocycles. The van der Waals surface area contributed by atoms with E-state index in [-0.39, 0.29) is 18.4 Å². The molecule has 0 unspecified atom stereocenters. The Kier molecular flexibility index (Phi) is 4.20. The number of halogens is 1. The van der Waals surface area contributed by atoms with Crippen molar-refractivity contribution in [1.82, 2.24) is 0 Å². The van der Waals surface area contributed by atoms with Gasteiger partial charge in [-0.2, -0.15) is 0 Å². The highest BCUT2D eigenvalue weighted by atomic mass is 35.5. The van der Waals surface area contributed by atoms with Crippen LogP contribution >= 0.6 is 12.4 Å². The lowest BCUT2D eigenvalue weighted by molar-refractivity contribution is -0.0205. The molecule has 0 amide bonds. The summed E-state index contributed by atoms with van der Waals surface area (Å²) in [5, 5.41) is 18.1. The molecule has 10 heavy (non-hydrogen) atoms. The van der Waals surface area contributed by atoms with Crippen LogP contribution in [0.25, 0.3) is 0 Å². The van der Waals surface area contributed by atoms with E-state index in [1.54, 1.807) is 0 Å². The van der Waals surface area contributed by atoms with Gasteiger partial charge in [-0.3, -0.25) is 0 Å². The van der Waals surface area contributed by atoms with Gasteiger partial charge in [-0.25, -0.2) is 0 Å². The fourth-order valence-electron chi connectivity index (χ4n) is 1.19. The molecule has 0 heterocycles. The van der Waals surface area contributed by atoms with Crippen LogP contribution in [0.15, 0.2) is 0 Å². The highest BCUT2D eigenvalue weighted by molar-refractivity contribution is 5.85. The number of rotatable bonds is 0. The van der Waals surface area contributed by atoms with E-state index in [0.717, 1.165) is 12.8 Å². The zero-order valence-corrected chi connectivity index (χ0v) is 6.55. The second kappa shape index (κ2) is 4.13. The van der Waals surface area contributed by atoms with E-state index in [1.165, 1.54) is 0 Å². The minimum absolute atomic E-state index is 0. The van der Waals surface area contributed by atoms with Gasteiger partial charge in [-0.1, -0.05) is 0 Å². The Morgan fingerprint density at radius 2 is 1.80 bits per heavy atom. The Balaban J connectivity index is 0.000000810. The van der Waals surface area contributed by atoms with Gasteiger partial charge in [0, 0.05) is 6.04 Å². The zero-order valence-electron chi connectivity index (χ0n) is 5.73. The van der Waals surface area contributed by atoms with Gasteiger partial charge < -0.3 is 15.9 Å². The normalized spacial score (nSPS) is 40.5. The number of hydrogen-bond acceptors (Lipinski definition) is 3. The topological polar surface area (TPSA) is 66.5 Å². The molecule has 0 bridgehead atoms. The molecular weight excluding hydrogens is 154 g/mol. The van der Waals surface area contributed by atoms with Gasteiger partial charge in [-0.15, -0.1) is 12.4 Å². The Bertz CT molecular complexity index is 91.7. The second-order valence-corrected chi connectivity index (χ2v) is 2.65. The van der Waals surface area contributed by atoms with Crippen molar-refractivity contribution in [3.05, 3.63) is 0 Å². The highest BCUT2D eigenvalue weighted by Gasteiger charge is 2.26. The van der Waals surface area contributed by atoms with Crippen molar-refractivity contribution in [2.75, 3.05) is 0 Å². The molecule has 4 heteroatoms. The molecule has 1 saturated carbocycles. The minimum Gasteiger partial charge on any atom is -0.390 e. The Morgan fingerprint density at radius 3 is 2.20 bits per heavy atom. The molecule has 3 atom stereocenters. The molecule has 0 saturated heterocycles. The van der Waals surface area contributed by atoms with Crippen LogP contribution in [0.5, 0.6) is 0 Å². The van der Waals surface area contributed by atoms with Crippen molar-refractivity contribution in [3.63, 3.8) is 0 Å². The molecule has 3 nitrogen and oxygen atoms in total. The number of aliphatic hydroxyl groups excluding tert-OH is 2. The summed E-state index contributed by atoms with van der Waals surface area (Å²) in [4.78, 5) is 0. The van der Waals surface area contributed by atoms with Gasteiger partial charge in [0.1, 0.15) is 0 Å². The highest BCUT2D eigenvalue weighted by Crippen LogP contribution is 2.16. The monoisotopic (exact) mass is 167 g/mol. The summed E-state index contributed by atoms with van der Waals surface area (Å²) >= 11 is 0. The third kappa shape index (κ3) is 2.09. The first-order valence-corrected chi connectivity index (χ1v) is 3.33. The molecule has 1 aliphatic rings. The molecule has 0 aromatic heterocycles. The third-order valence-electron chi connectivity index (χ3n) is 1.87. The van der Waals surface area contributed by atoms with Crippen LogP contribution in [-0.4, -0.2) is 28.5 Å². The molecule has 0 radical (unpaired) electrons. The van der Waals surface area contributed by atoms with Crippen molar-refractivity contribution >= 4 is 12.4 Å². The van der Waals surface area contributed by atoms with E-state index in [0.29, 0.717) is 6.42 Å². The lowest BCUT2D eigenvalue weighted by atomic mass is 9.91. The van der Waals surface area contributed by atoms with Gasteiger partial charge in [0.25, 0.3) is 0 Å². The quantitative estimate of drug-likeness (QED) is 0.462. The predicted octanol–water partition coefficient (Wildman–Crippen LogP) is -0.359. The summed E-state index contributed by atoms with van der Waals surface area (Å²) in [7, 11) is 0. The molecule has 1 rings (SSSR count). The number of aliphatic hydroxyl groups is 2. The summed E-state index contributed by atoms with van der Waals surface area (Å²) < 4.78 is 0. The Labute approximate surface area is 66.6 Å². The van der Waals surface area contributed by atoms with Crippen LogP contribution in [0.1, 0.15) is 19.3 Å². The molecule has 0 aromatic carbocycles. The summed E-state index contributed by atoms with van der Waals surface area (Å²) in [5.74, 6) is 0. The standard InChI is InChI=1S/C6H13NO2.ClH/c7-4-2-1-3-5(8)6(4)9;/h4-6,8-9H,1-3,7H2;1H/t4-,5-,6+;/m0./s1. The predicted molar refractivity (Wildman–Crippen MR) is 41.1 cm³/mol. The van der Waals surface area contributed by atoms with E-state index in [9.17, 15) is 0 Å². The van der Waals surface area contributed by atoms with Gasteiger partial charge >= 0.3 is 0 Å². The Morgan fingerprint density at radius 1 is 1.20 bits per heavy atom. The van der Waals surface area contributed by atoms with Gasteiger partial charge in [0.05, 0.1) is 12.2 Å². The van der Waals surface area contributed by atoms with Crippen LogP contribution in [0, 0.1) is 0 Å². The van der Waals surface area contributed by atoms with E-state index in [2.05, 4.69) is 0 Å². The van der Waals surface area contributed by atoms with Crippen LogP contribution in [0.2, 0.25) is 0 Å². The first-order chi connectivity index (χ1) is 4.22. The maximum atomic E-state index is 9.07. The molecular formula is C6H14ClNO2. The second-order valence-electron chi connectivity index (χ2n) is 2.65. The zero-order chi connectivity index (χ0) is 6.85. The van der Waals surface area contributed by atoms with Crippen LogP contribution in [0.3, 0.4) is 0 Å². The average molecular weight is 168 g/mol. The smallest absolute Gasteiger partial charge is 0.0949 e. The minimum atomic E-state index is -0.696. The SMILES string of the molecule is Cl.N[C@H]1CCC[C@H](O)[C@@H]1O. The lowest BCUT2D eigenvalue weighted by Crippen LogP contribution is -2.46. The lowest BCUT2D eigenvalue weighted by Gasteiger charge is -2.28. The van der Waals surface area contributed by atoms with E-state index < -0.39 is 12.2 Å². The number of hydrogen-bond donors (Lipinski definition) is 3. The van der Waals surface area contributed by atoms with E-state index >= 15 is 0 Å². The van der Waals surface area contributed by atoms with E-state index in [4.69, 9.17) is 15.9 Å². The average Bonchev–Trinajstić information content (AvgIpc) is 1.83. The van der Waals surface area contributed by atoms with Crippen LogP contribution in [-0.2, 0) is 0 Å². The summed E-state index contributed by atoms with van der Waals surface area (Å²) in [5.41, 5.74) is 5.46. The summed E-state index contributed by atoms with van der Waals surface area (Å²) in [6, 6.07) is -0.214. The van der Waals surface area contributed by atoms with Crippen molar-refractivity contribution in [3.8, 4) is 0 Å². The number of nitrogens with two attached hydrogens (primary N) is 1. The van der Waals surface area contributed by atoms with Gasteiger partial charge in [0.15, 0.2) is 0 Å². The first kappa shape index (κ1) is 10.2. The summed E-state index contributed by atoms with van der Waals surface area (Å²) in [6.07, 6.45) is 1.17.